The van der Waals surface area contributed by atoms with Crippen LogP contribution in [0.3, 0.4) is 0 Å². The molecule has 4 heteroatoms. The van der Waals surface area contributed by atoms with Gasteiger partial charge in [-0.25, -0.2) is 0 Å². The number of hydrogen-bond donors (Lipinski definition) is 0. The lowest BCUT2D eigenvalue weighted by Gasteiger charge is -2.21. The minimum Gasteiger partial charge on any atom is -0.375 e. The smallest absolute Gasteiger partial charge is 0.0757 e. The number of rotatable bonds is 1. The van der Waals surface area contributed by atoms with E-state index in [-0.39, 0.29) is 6.04 Å². The molecule has 0 fully saturated rings. The molecule has 21 heavy (non-hydrogen) atoms. The van der Waals surface area contributed by atoms with E-state index in [9.17, 15) is 0 Å². The van der Waals surface area contributed by atoms with E-state index >= 15 is 0 Å². The zero-order valence-corrected chi connectivity index (χ0v) is 12.7. The topological polar surface area (TPSA) is 14.2 Å². The molecule has 2 nitrogen and oxygen atoms in total. The highest BCUT2D eigenvalue weighted by atomic mass is 35.5. The molecule has 0 amide bonds. The predicted molar refractivity (Wildman–Crippen MR) is 88.5 cm³/mol. The quantitative estimate of drug-likeness (QED) is 0.560. The first-order valence-corrected chi connectivity index (χ1v) is 7.63. The van der Waals surface area contributed by atoms with Gasteiger partial charge in [-0.05, 0) is 36.4 Å². The van der Waals surface area contributed by atoms with Crippen molar-refractivity contribution < 1.29 is 4.74 Å². The van der Waals surface area contributed by atoms with E-state index in [2.05, 4.69) is 28.9 Å². The number of halogens is 2. The molecule has 106 valence electrons. The van der Waals surface area contributed by atoms with Gasteiger partial charge in [0.2, 0.25) is 0 Å². The zero-order chi connectivity index (χ0) is 14.4. The summed E-state index contributed by atoms with van der Waals surface area (Å²) in [6.45, 7) is 1.37. The number of benzene rings is 2. The van der Waals surface area contributed by atoms with E-state index in [1.165, 1.54) is 0 Å². The lowest BCUT2D eigenvalue weighted by molar-refractivity contribution is 0.131. The van der Waals surface area contributed by atoms with Gasteiger partial charge in [0.15, 0.2) is 0 Å². The highest BCUT2D eigenvalue weighted by Gasteiger charge is 2.18. The van der Waals surface area contributed by atoms with Gasteiger partial charge in [0.1, 0.15) is 0 Å². The number of hydrogen-bond acceptors (Lipinski definition) is 1. The molecule has 1 aliphatic rings. The maximum absolute atomic E-state index is 6.17. The summed E-state index contributed by atoms with van der Waals surface area (Å²) in [5.74, 6) is 0. The van der Waals surface area contributed by atoms with Gasteiger partial charge in [-0.2, -0.15) is 0 Å². The fourth-order valence-electron chi connectivity index (χ4n) is 3.04. The molecule has 0 aliphatic carbocycles. The van der Waals surface area contributed by atoms with Gasteiger partial charge in [0.05, 0.1) is 19.3 Å². The molecule has 3 aromatic rings. The van der Waals surface area contributed by atoms with Crippen molar-refractivity contribution in [2.45, 2.75) is 6.04 Å². The standard InChI is InChI=1S/C17H13Cl2NO/c18-11-3-5-16-14(8-11)15-9-12(19)4-6-17(15)20(16)13-2-1-7-21-10-13/h1-6,8-9,13H,7,10H2. The Morgan fingerprint density at radius 3 is 2.10 bits per heavy atom. The van der Waals surface area contributed by atoms with E-state index < -0.39 is 0 Å². The molecule has 0 saturated carbocycles. The summed E-state index contributed by atoms with van der Waals surface area (Å²) < 4.78 is 7.89. The van der Waals surface area contributed by atoms with Gasteiger partial charge < -0.3 is 9.30 Å². The van der Waals surface area contributed by atoms with Crippen molar-refractivity contribution in [2.24, 2.45) is 0 Å². The molecule has 0 N–H and O–H groups in total. The van der Waals surface area contributed by atoms with Crippen molar-refractivity contribution in [1.29, 1.82) is 0 Å². The van der Waals surface area contributed by atoms with Crippen LogP contribution < -0.4 is 0 Å². The van der Waals surface area contributed by atoms with E-state index in [0.29, 0.717) is 13.2 Å². The summed E-state index contributed by atoms with van der Waals surface area (Å²) in [6.07, 6.45) is 4.27. The third kappa shape index (κ3) is 2.15. The summed E-state index contributed by atoms with van der Waals surface area (Å²) in [5.41, 5.74) is 2.30. The molecule has 1 aromatic heterocycles. The molecular formula is C17H13Cl2NO. The van der Waals surface area contributed by atoms with Gasteiger partial charge in [0.25, 0.3) is 0 Å². The van der Waals surface area contributed by atoms with Gasteiger partial charge in [-0.15, -0.1) is 0 Å². The lowest BCUT2D eigenvalue weighted by Crippen LogP contribution is -2.16. The summed E-state index contributed by atoms with van der Waals surface area (Å²) in [5, 5.41) is 3.71. The van der Waals surface area contributed by atoms with Crippen molar-refractivity contribution in [1.82, 2.24) is 4.57 Å². The Kier molecular flexibility index (Phi) is 3.18. The first-order chi connectivity index (χ1) is 10.2. The Morgan fingerprint density at radius 2 is 1.57 bits per heavy atom. The molecule has 0 spiro atoms. The van der Waals surface area contributed by atoms with Crippen LogP contribution in [0.25, 0.3) is 21.8 Å². The zero-order valence-electron chi connectivity index (χ0n) is 11.2. The third-order valence-electron chi connectivity index (χ3n) is 3.92. The number of ether oxygens (including phenoxy) is 1. The highest BCUT2D eigenvalue weighted by molar-refractivity contribution is 6.33. The minimum atomic E-state index is 0.195. The maximum atomic E-state index is 6.17. The number of fused-ring (bicyclic) bond motifs is 3. The molecule has 1 atom stereocenters. The average molecular weight is 318 g/mol. The van der Waals surface area contributed by atoms with Crippen molar-refractivity contribution in [3.63, 3.8) is 0 Å². The van der Waals surface area contributed by atoms with Crippen molar-refractivity contribution in [2.75, 3.05) is 13.2 Å². The van der Waals surface area contributed by atoms with E-state index in [4.69, 9.17) is 27.9 Å². The first-order valence-electron chi connectivity index (χ1n) is 6.87. The lowest BCUT2D eigenvalue weighted by atomic mass is 10.1. The van der Waals surface area contributed by atoms with Gasteiger partial charge in [-0.1, -0.05) is 35.4 Å². The van der Waals surface area contributed by atoms with Crippen LogP contribution >= 0.6 is 23.2 Å². The Hall–Kier alpha value is -1.48. The Labute approximate surface area is 132 Å². The molecule has 1 aliphatic heterocycles. The fourth-order valence-corrected chi connectivity index (χ4v) is 3.39. The van der Waals surface area contributed by atoms with Crippen LogP contribution in [0, 0.1) is 0 Å². The van der Waals surface area contributed by atoms with E-state index in [0.717, 1.165) is 31.9 Å². The summed E-state index contributed by atoms with van der Waals surface area (Å²) in [4.78, 5) is 0. The van der Waals surface area contributed by atoms with Crippen LogP contribution in [0.2, 0.25) is 10.0 Å². The largest absolute Gasteiger partial charge is 0.375 e. The normalized spacial score (nSPS) is 18.7. The Balaban J connectivity index is 2.11. The molecular weight excluding hydrogens is 305 g/mol. The van der Waals surface area contributed by atoms with Crippen molar-refractivity contribution >= 4 is 45.0 Å². The van der Waals surface area contributed by atoms with Gasteiger partial charge in [0, 0.05) is 31.9 Å². The highest BCUT2D eigenvalue weighted by Crippen LogP contribution is 2.35. The molecule has 2 heterocycles. The van der Waals surface area contributed by atoms with Crippen LogP contribution in [0.1, 0.15) is 6.04 Å². The number of nitrogens with zero attached hydrogens (tertiary/aromatic N) is 1. The fraction of sp³-hybridized carbons (Fsp3) is 0.176. The van der Waals surface area contributed by atoms with Crippen molar-refractivity contribution in [3.8, 4) is 0 Å². The second-order valence-corrected chi connectivity index (χ2v) is 6.10. The van der Waals surface area contributed by atoms with Crippen LogP contribution in [-0.4, -0.2) is 17.8 Å². The Bertz CT molecular complexity index is 807. The second kappa shape index (κ2) is 5.06. The Morgan fingerprint density at radius 1 is 0.952 bits per heavy atom. The van der Waals surface area contributed by atoms with Crippen LogP contribution in [-0.2, 0) is 4.74 Å². The predicted octanol–water partition coefficient (Wildman–Crippen LogP) is 5.23. The molecule has 0 bridgehead atoms. The molecule has 0 radical (unpaired) electrons. The van der Waals surface area contributed by atoms with Crippen LogP contribution in [0.4, 0.5) is 0 Å². The molecule has 4 rings (SSSR count). The molecule has 1 unspecified atom stereocenters. The maximum Gasteiger partial charge on any atom is 0.0757 e. The monoisotopic (exact) mass is 317 g/mol. The SMILES string of the molecule is Clc1ccc2c(c1)c1cc(Cl)ccc1n2C1C=CCOC1. The summed E-state index contributed by atoms with van der Waals surface area (Å²) in [6, 6.07) is 12.2. The van der Waals surface area contributed by atoms with Crippen LogP contribution in [0.5, 0.6) is 0 Å². The summed E-state index contributed by atoms with van der Waals surface area (Å²) >= 11 is 12.3. The van der Waals surface area contributed by atoms with E-state index in [1.54, 1.807) is 0 Å². The first kappa shape index (κ1) is 13.2. The van der Waals surface area contributed by atoms with Crippen molar-refractivity contribution in [3.05, 3.63) is 58.6 Å². The van der Waals surface area contributed by atoms with Gasteiger partial charge >= 0.3 is 0 Å². The van der Waals surface area contributed by atoms with E-state index in [1.807, 2.05) is 24.3 Å². The summed E-state index contributed by atoms with van der Waals surface area (Å²) in [7, 11) is 0. The van der Waals surface area contributed by atoms with Gasteiger partial charge in [-0.3, -0.25) is 0 Å². The second-order valence-electron chi connectivity index (χ2n) is 5.23. The number of aromatic nitrogens is 1. The van der Waals surface area contributed by atoms with Crippen LogP contribution in [0.15, 0.2) is 48.6 Å². The average Bonchev–Trinajstić information content (AvgIpc) is 2.81. The minimum absolute atomic E-state index is 0.195. The third-order valence-corrected chi connectivity index (χ3v) is 4.39. The molecule has 0 saturated heterocycles. The molecule has 2 aromatic carbocycles.